The second-order valence-electron chi connectivity index (χ2n) is 17.9. The van der Waals surface area contributed by atoms with Crippen molar-refractivity contribution in [3.05, 3.63) is 65.7 Å². The molecule has 0 saturated heterocycles. The quantitative estimate of drug-likeness (QED) is 0.0332. The van der Waals surface area contributed by atoms with Crippen LogP contribution in [-0.2, 0) is 60.8 Å². The van der Waals surface area contributed by atoms with Gasteiger partial charge >= 0.3 is 5.97 Å². The number of thioether (sulfide) groups is 1. The summed E-state index contributed by atoms with van der Waals surface area (Å²) in [7, 11) is 0. The molecule has 404 valence electrons. The van der Waals surface area contributed by atoms with Crippen molar-refractivity contribution in [2.75, 3.05) is 18.6 Å². The lowest BCUT2D eigenvalue weighted by atomic mass is 10.00. The molecule has 9 amide bonds. The smallest absolute Gasteiger partial charge is 0.326 e. The second kappa shape index (κ2) is 31.6. The number of primary amides is 1. The van der Waals surface area contributed by atoms with E-state index in [2.05, 4.69) is 42.5 Å². The average Bonchev–Trinajstić information content (AvgIpc) is 3.33. The molecule has 0 spiro atoms. The molecule has 0 fully saturated rings. The number of amides is 9. The van der Waals surface area contributed by atoms with E-state index < -0.39 is 132 Å². The van der Waals surface area contributed by atoms with Gasteiger partial charge in [-0.3, -0.25) is 43.2 Å². The van der Waals surface area contributed by atoms with E-state index in [4.69, 9.17) is 17.2 Å². The summed E-state index contributed by atoms with van der Waals surface area (Å²) in [5.41, 5.74) is 18.0. The molecule has 0 bridgehead atoms. The van der Waals surface area contributed by atoms with Crippen LogP contribution in [0.15, 0.2) is 54.6 Å². The van der Waals surface area contributed by atoms with Crippen molar-refractivity contribution in [3.63, 3.8) is 0 Å². The number of benzene rings is 2. The van der Waals surface area contributed by atoms with Gasteiger partial charge in [0.25, 0.3) is 0 Å². The lowest BCUT2D eigenvalue weighted by molar-refractivity contribution is -0.143. The third-order valence-corrected chi connectivity index (χ3v) is 12.0. The highest BCUT2D eigenvalue weighted by Crippen LogP contribution is 2.14. The molecular formula is C48H73N11O13S. The summed E-state index contributed by atoms with van der Waals surface area (Å²) >= 11 is 1.35. The maximum absolute atomic E-state index is 14.2. The summed E-state index contributed by atoms with van der Waals surface area (Å²) in [5, 5.41) is 49.6. The molecule has 0 saturated carbocycles. The van der Waals surface area contributed by atoms with Crippen molar-refractivity contribution < 1.29 is 63.3 Å². The fourth-order valence-electron chi connectivity index (χ4n) is 7.01. The zero-order valence-electron chi connectivity index (χ0n) is 42.0. The molecule has 0 aliphatic rings. The predicted octanol–water partition coefficient (Wildman–Crippen LogP) is -2.70. The summed E-state index contributed by atoms with van der Waals surface area (Å²) in [5.74, 6) is -9.83. The van der Waals surface area contributed by atoms with Crippen LogP contribution in [0.4, 0.5) is 0 Å². The number of aromatic hydroxyl groups is 1. The van der Waals surface area contributed by atoms with E-state index in [0.717, 1.165) is 0 Å². The van der Waals surface area contributed by atoms with Crippen LogP contribution >= 0.6 is 11.8 Å². The van der Waals surface area contributed by atoms with E-state index in [-0.39, 0.29) is 25.0 Å². The minimum Gasteiger partial charge on any atom is -0.508 e. The summed E-state index contributed by atoms with van der Waals surface area (Å²) in [6, 6.07) is 1.45. The van der Waals surface area contributed by atoms with Crippen molar-refractivity contribution in [2.24, 2.45) is 23.1 Å². The number of aliphatic hydroxyl groups is 1. The number of aliphatic carboxylic acids is 1. The molecule has 24 nitrogen and oxygen atoms in total. The topological polar surface area (TPSA) is 406 Å². The number of carboxylic acids is 1. The number of hydrogen-bond donors (Lipinski definition) is 14. The van der Waals surface area contributed by atoms with E-state index in [1.807, 2.05) is 0 Å². The first kappa shape index (κ1) is 62.3. The lowest BCUT2D eigenvalue weighted by Crippen LogP contribution is -2.61. The van der Waals surface area contributed by atoms with Crippen LogP contribution in [0, 0.1) is 5.92 Å². The van der Waals surface area contributed by atoms with Crippen LogP contribution in [-0.4, -0.2) is 153 Å². The number of rotatable bonds is 32. The minimum absolute atomic E-state index is 0.0572. The van der Waals surface area contributed by atoms with Gasteiger partial charge in [0, 0.05) is 12.8 Å². The average molecular weight is 1040 g/mol. The fourth-order valence-corrected chi connectivity index (χ4v) is 7.48. The van der Waals surface area contributed by atoms with Gasteiger partial charge < -0.3 is 75.1 Å². The number of carboxylic acid groups (broad SMARTS) is 1. The lowest BCUT2D eigenvalue weighted by Gasteiger charge is -2.28. The molecule has 73 heavy (non-hydrogen) atoms. The molecule has 2 rings (SSSR count). The molecule has 0 heterocycles. The highest BCUT2D eigenvalue weighted by molar-refractivity contribution is 7.98. The summed E-state index contributed by atoms with van der Waals surface area (Å²) in [4.78, 5) is 133. The molecular weight excluding hydrogens is 971 g/mol. The Morgan fingerprint density at radius 2 is 1.03 bits per heavy atom. The number of unbranched alkanes of at least 4 members (excludes halogenated alkanes) is 1. The van der Waals surface area contributed by atoms with Crippen molar-refractivity contribution in [3.8, 4) is 5.75 Å². The summed E-state index contributed by atoms with van der Waals surface area (Å²) < 4.78 is 0. The molecule has 2 aromatic carbocycles. The van der Waals surface area contributed by atoms with Crippen LogP contribution in [0.5, 0.6) is 5.75 Å². The molecule has 10 unspecified atom stereocenters. The van der Waals surface area contributed by atoms with E-state index in [1.54, 1.807) is 50.4 Å². The van der Waals surface area contributed by atoms with Crippen LogP contribution in [0.2, 0.25) is 0 Å². The number of aliphatic hydroxyl groups excluding tert-OH is 1. The first-order valence-corrected chi connectivity index (χ1v) is 25.2. The van der Waals surface area contributed by atoms with E-state index in [9.17, 15) is 63.3 Å². The molecule has 25 heteroatoms. The SMILES string of the molecule is CSCCC(NC(=O)C(NC(=O)C(C)NC(=O)C(Cc1ccccc1)NC(=O)C(CC(N)=O)NC(=O)C(Cc1ccc(O)cc1)NC(=O)C(NC(=O)C(C)NC(=O)C(N)CCCCN)C(C)C)C(C)O)C(=O)O. The normalized spacial score (nSPS) is 15.2. The largest absolute Gasteiger partial charge is 0.508 e. The van der Waals surface area contributed by atoms with Crippen LogP contribution in [0.3, 0.4) is 0 Å². The molecule has 10 atom stereocenters. The van der Waals surface area contributed by atoms with Gasteiger partial charge in [-0.25, -0.2) is 4.79 Å². The van der Waals surface area contributed by atoms with Gasteiger partial charge in [0.2, 0.25) is 53.2 Å². The third kappa shape index (κ3) is 22.2. The van der Waals surface area contributed by atoms with Crippen molar-refractivity contribution in [2.45, 2.75) is 140 Å². The van der Waals surface area contributed by atoms with Gasteiger partial charge in [-0.15, -0.1) is 0 Å². The second-order valence-corrected chi connectivity index (χ2v) is 18.9. The van der Waals surface area contributed by atoms with E-state index in [1.165, 1.54) is 56.8 Å². The number of carbonyl (C=O) groups excluding carboxylic acids is 9. The van der Waals surface area contributed by atoms with Gasteiger partial charge in [0.05, 0.1) is 18.6 Å². The van der Waals surface area contributed by atoms with Gasteiger partial charge in [-0.05, 0) is 87.8 Å². The molecule has 0 radical (unpaired) electrons. The van der Waals surface area contributed by atoms with Gasteiger partial charge in [0.15, 0.2) is 0 Å². The highest BCUT2D eigenvalue weighted by Gasteiger charge is 2.36. The third-order valence-electron chi connectivity index (χ3n) is 11.3. The highest BCUT2D eigenvalue weighted by atomic mass is 32.2. The zero-order chi connectivity index (χ0) is 54.9. The van der Waals surface area contributed by atoms with E-state index in [0.29, 0.717) is 42.7 Å². The molecule has 0 aromatic heterocycles. The van der Waals surface area contributed by atoms with Crippen LogP contribution < -0.4 is 59.7 Å². The van der Waals surface area contributed by atoms with E-state index >= 15 is 0 Å². The summed E-state index contributed by atoms with van der Waals surface area (Å²) in [6.45, 7) is 7.51. The Labute approximate surface area is 428 Å². The Balaban J connectivity index is 2.39. The maximum atomic E-state index is 14.2. The summed E-state index contributed by atoms with van der Waals surface area (Å²) in [6.07, 6.45) is 0.642. The first-order valence-electron chi connectivity index (χ1n) is 23.8. The van der Waals surface area contributed by atoms with Gasteiger partial charge in [-0.2, -0.15) is 11.8 Å². The number of nitrogens with two attached hydrogens (primary N) is 3. The number of hydrogen-bond acceptors (Lipinski definition) is 15. The van der Waals surface area contributed by atoms with Crippen molar-refractivity contribution in [1.82, 2.24) is 42.5 Å². The Morgan fingerprint density at radius 1 is 0.562 bits per heavy atom. The Morgan fingerprint density at radius 3 is 1.53 bits per heavy atom. The van der Waals surface area contributed by atoms with Gasteiger partial charge in [-0.1, -0.05) is 62.7 Å². The van der Waals surface area contributed by atoms with Crippen molar-refractivity contribution >= 4 is 70.9 Å². The zero-order valence-corrected chi connectivity index (χ0v) is 42.8. The number of carbonyl (C=O) groups is 10. The number of phenols is 1. The van der Waals surface area contributed by atoms with Gasteiger partial charge in [0.1, 0.15) is 54.1 Å². The van der Waals surface area contributed by atoms with Crippen LogP contribution in [0.1, 0.15) is 77.8 Å². The number of nitrogens with one attached hydrogen (secondary N) is 8. The monoisotopic (exact) mass is 1040 g/mol. The molecule has 2 aromatic rings. The molecule has 0 aliphatic carbocycles. The minimum atomic E-state index is -1.77. The molecule has 17 N–H and O–H groups in total. The predicted molar refractivity (Wildman–Crippen MR) is 271 cm³/mol. The standard InChI is InChI=1S/C48H73N11O13S/c1-25(2)38(58-40(63)26(3)52-42(65)32(50)14-10-11-20-49)46(69)57-35(23-30-15-17-31(61)18-16-30)44(67)56-36(24-37(51)62)45(68)55-34(22-29-12-8-7-9-13-29)43(66)53-27(4)41(64)59-39(28(5)60)47(70)54-33(48(71)72)19-21-73-6/h7-9,12-13,15-18,25-28,32-36,38-39,60-61H,10-11,14,19-24,49-50H2,1-6H3,(H2,51,62)(H,52,65)(H,53,66)(H,54,70)(H,55,68)(H,56,67)(H,57,69)(H,58,63)(H,59,64)(H,71,72). The number of phenolic OH excluding ortho intramolecular Hbond substituents is 1. The Hall–Kier alpha value is -6.83. The maximum Gasteiger partial charge on any atom is 0.326 e. The Kier molecular flexibility index (Phi) is 27.0. The van der Waals surface area contributed by atoms with Crippen LogP contribution in [0.25, 0.3) is 0 Å². The fraction of sp³-hybridized carbons (Fsp3) is 0.542. The Bertz CT molecular complexity index is 2190. The van der Waals surface area contributed by atoms with Crippen molar-refractivity contribution in [1.29, 1.82) is 0 Å². The molecule has 0 aliphatic heterocycles. The first-order chi connectivity index (χ1) is 34.4.